The van der Waals surface area contributed by atoms with E-state index in [-0.39, 0.29) is 11.7 Å². The number of carbonyl (C=O) groups excluding carboxylic acids is 1. The summed E-state index contributed by atoms with van der Waals surface area (Å²) in [5, 5.41) is 12.4. The highest BCUT2D eigenvalue weighted by Crippen LogP contribution is 2.33. The van der Waals surface area contributed by atoms with E-state index in [1.807, 2.05) is 53.1 Å². The van der Waals surface area contributed by atoms with Gasteiger partial charge in [-0.1, -0.05) is 23.9 Å². The number of methoxy groups -OCH3 is 2. The maximum Gasteiger partial charge on any atom is 0.230 e. The molecule has 1 saturated carbocycles. The molecular weight excluding hydrogens is 400 g/mol. The molecule has 0 aliphatic heterocycles. The molecule has 0 unspecified atom stereocenters. The zero-order valence-electron chi connectivity index (χ0n) is 17.0. The van der Waals surface area contributed by atoms with E-state index in [0.29, 0.717) is 22.6 Å². The predicted octanol–water partition coefficient (Wildman–Crippen LogP) is 3.57. The van der Waals surface area contributed by atoms with Crippen molar-refractivity contribution in [3.63, 3.8) is 0 Å². The van der Waals surface area contributed by atoms with Gasteiger partial charge in [0.25, 0.3) is 0 Å². The molecule has 0 saturated heterocycles. The minimum Gasteiger partial charge on any atom is -0.497 e. The number of amides is 1. The second-order valence-electron chi connectivity index (χ2n) is 7.08. The van der Waals surface area contributed by atoms with Crippen molar-refractivity contribution in [2.24, 2.45) is 5.92 Å². The molecule has 0 spiro atoms. The Hall–Kier alpha value is -3.00. The molecular formula is C22H24N4O3S. The van der Waals surface area contributed by atoms with E-state index in [0.717, 1.165) is 23.5 Å². The normalized spacial score (nSPS) is 13.1. The maximum atomic E-state index is 12.2. The van der Waals surface area contributed by atoms with Gasteiger partial charge in [-0.2, -0.15) is 0 Å². The molecule has 1 N–H and O–H groups in total. The second kappa shape index (κ2) is 9.21. The summed E-state index contributed by atoms with van der Waals surface area (Å²) in [7, 11) is 3.27. The summed E-state index contributed by atoms with van der Waals surface area (Å²) in [5.41, 5.74) is 1.70. The summed E-state index contributed by atoms with van der Waals surface area (Å²) >= 11 is 1.37. The number of aromatic nitrogens is 3. The number of benzene rings is 2. The van der Waals surface area contributed by atoms with Crippen LogP contribution in [0.5, 0.6) is 11.5 Å². The fraction of sp³-hybridized carbons (Fsp3) is 0.318. The molecule has 1 fully saturated rings. The molecule has 0 atom stereocenters. The molecule has 156 valence electrons. The van der Waals surface area contributed by atoms with Crippen molar-refractivity contribution in [3.8, 4) is 28.6 Å². The monoisotopic (exact) mass is 424 g/mol. The summed E-state index contributed by atoms with van der Waals surface area (Å²) in [6.45, 7) is 0.761. The Morgan fingerprint density at radius 3 is 2.57 bits per heavy atom. The lowest BCUT2D eigenvalue weighted by Gasteiger charge is -2.13. The van der Waals surface area contributed by atoms with Gasteiger partial charge in [0.1, 0.15) is 11.5 Å². The third-order valence-electron chi connectivity index (χ3n) is 4.93. The van der Waals surface area contributed by atoms with E-state index < -0.39 is 0 Å². The van der Waals surface area contributed by atoms with Crippen LogP contribution in [0, 0.1) is 5.92 Å². The molecule has 1 aliphatic rings. The molecule has 1 aromatic heterocycles. The number of carbonyl (C=O) groups is 1. The minimum atomic E-state index is 0.00928. The molecule has 1 aliphatic carbocycles. The number of rotatable bonds is 9. The summed E-state index contributed by atoms with van der Waals surface area (Å²) < 4.78 is 12.7. The zero-order valence-corrected chi connectivity index (χ0v) is 17.8. The van der Waals surface area contributed by atoms with Crippen molar-refractivity contribution in [3.05, 3.63) is 48.5 Å². The fourth-order valence-electron chi connectivity index (χ4n) is 3.09. The highest BCUT2D eigenvalue weighted by atomic mass is 32.2. The Kier molecular flexibility index (Phi) is 6.23. The van der Waals surface area contributed by atoms with E-state index in [4.69, 9.17) is 9.47 Å². The van der Waals surface area contributed by atoms with E-state index in [1.165, 1.54) is 24.6 Å². The van der Waals surface area contributed by atoms with Crippen molar-refractivity contribution in [2.75, 3.05) is 26.5 Å². The minimum absolute atomic E-state index is 0.00928. The van der Waals surface area contributed by atoms with Gasteiger partial charge in [0, 0.05) is 6.54 Å². The molecule has 0 radical (unpaired) electrons. The number of ether oxygens (including phenoxy) is 2. The van der Waals surface area contributed by atoms with Gasteiger partial charge < -0.3 is 14.8 Å². The molecule has 2 aromatic carbocycles. The largest absolute Gasteiger partial charge is 0.497 e. The fourth-order valence-corrected chi connectivity index (χ4v) is 3.87. The first-order chi connectivity index (χ1) is 14.7. The number of para-hydroxylation sites is 1. The van der Waals surface area contributed by atoms with Crippen LogP contribution in [0.4, 0.5) is 0 Å². The lowest BCUT2D eigenvalue weighted by atomic mass is 10.2. The van der Waals surface area contributed by atoms with Crippen LogP contribution in [-0.4, -0.2) is 47.2 Å². The Balaban J connectivity index is 1.65. The standard InChI is InChI=1S/C22H24N4O3S/c1-28-17-11-9-16(10-12-17)26-21(18-5-3-4-6-19(18)29-2)24-25-22(26)30-14-20(27)23-13-15-7-8-15/h3-6,9-12,15H,7-8,13-14H2,1-2H3,(H,23,27). The molecule has 0 bridgehead atoms. The predicted molar refractivity (Wildman–Crippen MR) is 116 cm³/mol. The van der Waals surface area contributed by atoms with E-state index >= 15 is 0 Å². The van der Waals surface area contributed by atoms with Crippen LogP contribution in [0.3, 0.4) is 0 Å². The van der Waals surface area contributed by atoms with E-state index in [9.17, 15) is 4.79 Å². The van der Waals surface area contributed by atoms with Gasteiger partial charge in [-0.15, -0.1) is 10.2 Å². The summed E-state index contributed by atoms with van der Waals surface area (Å²) in [6, 6.07) is 15.3. The Morgan fingerprint density at radius 2 is 1.87 bits per heavy atom. The third-order valence-corrected chi connectivity index (χ3v) is 5.86. The summed E-state index contributed by atoms with van der Waals surface area (Å²) in [6.07, 6.45) is 2.42. The van der Waals surface area contributed by atoms with Crippen LogP contribution in [-0.2, 0) is 4.79 Å². The molecule has 1 amide bonds. The lowest BCUT2D eigenvalue weighted by Crippen LogP contribution is -2.27. The van der Waals surface area contributed by atoms with Gasteiger partial charge in [-0.3, -0.25) is 9.36 Å². The Morgan fingerprint density at radius 1 is 1.10 bits per heavy atom. The number of hydrogen-bond donors (Lipinski definition) is 1. The molecule has 7 nitrogen and oxygen atoms in total. The van der Waals surface area contributed by atoms with Crippen LogP contribution in [0.1, 0.15) is 12.8 Å². The number of nitrogens with one attached hydrogen (secondary N) is 1. The Labute approximate surface area is 179 Å². The van der Waals surface area contributed by atoms with Crippen LogP contribution in [0.25, 0.3) is 17.1 Å². The van der Waals surface area contributed by atoms with Gasteiger partial charge in [0.05, 0.1) is 31.2 Å². The molecule has 30 heavy (non-hydrogen) atoms. The van der Waals surface area contributed by atoms with E-state index in [2.05, 4.69) is 15.5 Å². The van der Waals surface area contributed by atoms with Crippen molar-refractivity contribution >= 4 is 17.7 Å². The smallest absolute Gasteiger partial charge is 0.230 e. The topological polar surface area (TPSA) is 78.3 Å². The molecule has 8 heteroatoms. The molecule has 1 heterocycles. The lowest BCUT2D eigenvalue weighted by molar-refractivity contribution is -0.118. The number of thioether (sulfide) groups is 1. The van der Waals surface area contributed by atoms with E-state index in [1.54, 1.807) is 14.2 Å². The van der Waals surface area contributed by atoms with Crippen molar-refractivity contribution in [1.82, 2.24) is 20.1 Å². The molecule has 3 aromatic rings. The van der Waals surface area contributed by atoms with Gasteiger partial charge in [0.15, 0.2) is 11.0 Å². The quantitative estimate of drug-likeness (QED) is 0.529. The van der Waals surface area contributed by atoms with Crippen LogP contribution in [0.2, 0.25) is 0 Å². The van der Waals surface area contributed by atoms with Gasteiger partial charge in [0.2, 0.25) is 5.91 Å². The first-order valence-electron chi connectivity index (χ1n) is 9.82. The molecule has 4 rings (SSSR count). The first kappa shape index (κ1) is 20.3. The van der Waals surface area contributed by atoms with Crippen LogP contribution >= 0.6 is 11.8 Å². The summed E-state index contributed by atoms with van der Waals surface area (Å²) in [5.74, 6) is 3.07. The van der Waals surface area contributed by atoms with Gasteiger partial charge in [-0.05, 0) is 55.2 Å². The summed E-state index contributed by atoms with van der Waals surface area (Å²) in [4.78, 5) is 12.2. The third kappa shape index (κ3) is 4.59. The number of hydrogen-bond acceptors (Lipinski definition) is 6. The van der Waals surface area contributed by atoms with Crippen LogP contribution < -0.4 is 14.8 Å². The van der Waals surface area contributed by atoms with Gasteiger partial charge >= 0.3 is 0 Å². The second-order valence-corrected chi connectivity index (χ2v) is 8.02. The van der Waals surface area contributed by atoms with Crippen molar-refractivity contribution in [2.45, 2.75) is 18.0 Å². The average molecular weight is 425 g/mol. The highest BCUT2D eigenvalue weighted by Gasteiger charge is 2.23. The van der Waals surface area contributed by atoms with Crippen molar-refractivity contribution in [1.29, 1.82) is 0 Å². The average Bonchev–Trinajstić information content (AvgIpc) is 3.53. The maximum absolute atomic E-state index is 12.2. The Bertz CT molecular complexity index is 1020. The highest BCUT2D eigenvalue weighted by molar-refractivity contribution is 7.99. The van der Waals surface area contributed by atoms with Gasteiger partial charge in [-0.25, -0.2) is 0 Å². The first-order valence-corrected chi connectivity index (χ1v) is 10.8. The zero-order chi connectivity index (χ0) is 20.9. The van der Waals surface area contributed by atoms with Crippen LogP contribution in [0.15, 0.2) is 53.7 Å². The number of nitrogens with zero attached hydrogens (tertiary/aromatic N) is 3. The SMILES string of the molecule is COc1ccc(-n2c(SCC(=O)NCC3CC3)nnc2-c2ccccc2OC)cc1. The van der Waals surface area contributed by atoms with Crippen molar-refractivity contribution < 1.29 is 14.3 Å².